The fraction of sp³-hybridized carbons (Fsp3) is 0.967. The summed E-state index contributed by atoms with van der Waals surface area (Å²) in [5.74, 6) is 1.08. The van der Waals surface area contributed by atoms with Crippen LogP contribution in [0.15, 0.2) is 0 Å². The molecule has 0 radical (unpaired) electrons. The molecule has 0 atom stereocenters. The average Bonchev–Trinajstić information content (AvgIpc) is 3.72. The minimum atomic E-state index is -4.00. The highest BCUT2D eigenvalue weighted by Gasteiger charge is 2.37. The average molecular weight is 651 g/mol. The van der Waals surface area contributed by atoms with E-state index in [4.69, 9.17) is 10.00 Å². The van der Waals surface area contributed by atoms with Crippen molar-refractivity contribution in [3.63, 3.8) is 0 Å². The van der Waals surface area contributed by atoms with Gasteiger partial charge in [-0.3, -0.25) is 0 Å². The van der Waals surface area contributed by atoms with Gasteiger partial charge in [0.15, 0.2) is 0 Å². The molecule has 0 aromatic rings. The zero-order chi connectivity index (χ0) is 36.1. The molecule has 3 rings (SSSR count). The molecule has 13 heteroatoms. The van der Waals surface area contributed by atoms with Gasteiger partial charge in [0.2, 0.25) is 6.43 Å². The topological polar surface area (TPSA) is 64.0 Å². The van der Waals surface area contributed by atoms with Crippen molar-refractivity contribution in [1.29, 1.82) is 5.26 Å². The van der Waals surface area contributed by atoms with Crippen LogP contribution >= 0.6 is 0 Å². The molecular formula is C30H65F7N2O4. The summed E-state index contributed by atoms with van der Waals surface area (Å²) in [5.41, 5.74) is 0.0972. The number of nitrogens with zero attached hydrogens (tertiary/aromatic N) is 2. The van der Waals surface area contributed by atoms with Gasteiger partial charge in [-0.1, -0.05) is 40.0 Å². The van der Waals surface area contributed by atoms with E-state index < -0.39 is 19.2 Å². The minimum absolute atomic E-state index is 0.0972. The Morgan fingerprint density at radius 3 is 1.09 bits per heavy atom. The van der Waals surface area contributed by atoms with Crippen molar-refractivity contribution in [1.82, 2.24) is 4.90 Å². The molecule has 0 N–H and O–H groups in total. The lowest BCUT2D eigenvalue weighted by atomic mass is 10.2. The van der Waals surface area contributed by atoms with Crippen molar-refractivity contribution in [2.45, 2.75) is 119 Å². The minimum Gasteiger partial charge on any atom is -0.388 e. The smallest absolute Gasteiger partial charge is 0.386 e. The maximum atomic E-state index is 10.5. The lowest BCUT2D eigenvalue weighted by molar-refractivity contribution is -0.110. The molecule has 0 unspecified atom stereocenters. The van der Waals surface area contributed by atoms with E-state index in [0.29, 0.717) is 6.10 Å². The maximum absolute atomic E-state index is 10.5. The van der Waals surface area contributed by atoms with E-state index in [0.717, 1.165) is 39.4 Å². The summed E-state index contributed by atoms with van der Waals surface area (Å²) in [6.45, 7) is 9.70. The van der Waals surface area contributed by atoms with Crippen LogP contribution in [0.4, 0.5) is 30.7 Å². The van der Waals surface area contributed by atoms with Crippen LogP contribution in [0.25, 0.3) is 0 Å². The zero-order valence-corrected chi connectivity index (χ0v) is 29.6. The van der Waals surface area contributed by atoms with Gasteiger partial charge in [-0.2, -0.15) is 27.2 Å². The van der Waals surface area contributed by atoms with Crippen molar-refractivity contribution in [3.05, 3.63) is 0 Å². The molecule has 3 saturated carbocycles. The summed E-state index contributed by atoms with van der Waals surface area (Å²) in [7, 11) is 13.6. The van der Waals surface area contributed by atoms with Crippen LogP contribution in [-0.4, -0.2) is 93.5 Å². The summed E-state index contributed by atoms with van der Waals surface area (Å²) in [6, 6.07) is 2.22. The monoisotopic (exact) mass is 650 g/mol. The van der Waals surface area contributed by atoms with Crippen LogP contribution in [0.3, 0.4) is 0 Å². The molecule has 0 aliphatic heterocycles. The van der Waals surface area contributed by atoms with E-state index in [2.05, 4.69) is 41.1 Å². The van der Waals surface area contributed by atoms with Gasteiger partial charge in [0.05, 0.1) is 17.6 Å². The number of rotatable bonds is 3. The van der Waals surface area contributed by atoms with Crippen LogP contribution < -0.4 is 0 Å². The molecule has 0 aromatic heterocycles. The van der Waals surface area contributed by atoms with Gasteiger partial charge in [-0.25, -0.2) is 8.78 Å². The van der Waals surface area contributed by atoms with Crippen molar-refractivity contribution in [3.8, 4) is 6.07 Å². The predicted molar refractivity (Wildman–Crippen MR) is 164 cm³/mol. The normalized spacial score (nSPS) is 14.4. The summed E-state index contributed by atoms with van der Waals surface area (Å²) >= 11 is 0. The Kier molecular flexibility index (Phi) is 57.4. The molecule has 6 nitrogen and oxygen atoms in total. The lowest BCUT2D eigenvalue weighted by Crippen LogP contribution is -1.99. The number of methoxy groups -OCH3 is 4. The van der Waals surface area contributed by atoms with Gasteiger partial charge < -0.3 is 23.8 Å². The molecule has 3 fully saturated rings. The van der Waals surface area contributed by atoms with Gasteiger partial charge >= 0.3 is 12.8 Å². The Balaban J connectivity index is -0.0000000675. The van der Waals surface area contributed by atoms with Gasteiger partial charge in [-0.05, 0) is 73.5 Å². The van der Waals surface area contributed by atoms with Gasteiger partial charge in [0.25, 0.3) is 0 Å². The second kappa shape index (κ2) is 42.9. The second-order valence-corrected chi connectivity index (χ2v) is 10.1. The number of nitriles is 1. The predicted octanol–water partition coefficient (Wildman–Crippen LogP) is 9.73. The Labute approximate surface area is 259 Å². The van der Waals surface area contributed by atoms with Crippen LogP contribution in [0.5, 0.6) is 0 Å². The standard InChI is InChI=1S/C5H7N.C4H8O.C4H8.C3H9N.C3H8O.C3H8.C2H3F3.C2H4F2O.C2H4F2.C2H6O/c1-5(4-6)2-3-5;1-5-4-2-3-4;1-4-2-3-4;1-4(2)3;1-3-4-2;1-3-2;1-2(3,4)5;1-5-2(3)4;1-2(3)4;1-3-2/h2-3H2,1H3;4H,2-3H2,1H3;4H,2-3H2,1H3;1-3H3;3H2,1-2H3;3H2,1-2H3;1H3;2H,1H3;2H,1H3;1-2H3. The van der Waals surface area contributed by atoms with Gasteiger partial charge in [0.1, 0.15) is 0 Å². The third kappa shape index (κ3) is 194. The van der Waals surface area contributed by atoms with Crippen LogP contribution in [0.1, 0.15) is 93.4 Å². The highest BCUT2D eigenvalue weighted by atomic mass is 19.4. The van der Waals surface area contributed by atoms with Gasteiger partial charge in [0, 0.05) is 49.1 Å². The number of hydrogen-bond acceptors (Lipinski definition) is 6. The summed E-state index contributed by atoms with van der Waals surface area (Å²) in [5, 5.41) is 8.22. The molecule has 0 saturated heterocycles. The SMILES string of the molecule is CC(F)(F)F.CC(F)F.CC1(C#N)CC1.CC1CC1.CCC.CCOC.CN(C)C.COC.COC(F)F.COC1CC1. The molecule has 268 valence electrons. The van der Waals surface area contributed by atoms with Crippen molar-refractivity contribution >= 4 is 0 Å². The number of hydrogen-bond donors (Lipinski definition) is 0. The second-order valence-electron chi connectivity index (χ2n) is 10.1. The summed E-state index contributed by atoms with van der Waals surface area (Å²) < 4.78 is 89.9. The maximum Gasteiger partial charge on any atom is 0.386 e. The highest BCUT2D eigenvalue weighted by Crippen LogP contribution is 2.43. The quantitative estimate of drug-likeness (QED) is 0.284. The van der Waals surface area contributed by atoms with E-state index in [1.165, 1.54) is 32.1 Å². The lowest BCUT2D eigenvalue weighted by Gasteiger charge is -1.90. The molecule has 3 aliphatic carbocycles. The summed E-state index contributed by atoms with van der Waals surface area (Å²) in [6.07, 6.45) is 3.50. The van der Waals surface area contributed by atoms with Crippen LogP contribution in [0, 0.1) is 22.7 Å². The third-order valence-corrected chi connectivity index (χ3v) is 3.46. The zero-order valence-electron chi connectivity index (χ0n) is 29.6. The molecule has 43 heavy (non-hydrogen) atoms. The fourth-order valence-electron chi connectivity index (χ4n) is 0.770. The van der Waals surface area contributed by atoms with E-state index in [9.17, 15) is 30.7 Å². The third-order valence-electron chi connectivity index (χ3n) is 3.46. The van der Waals surface area contributed by atoms with E-state index in [1.807, 2.05) is 39.9 Å². The first-order valence-corrected chi connectivity index (χ1v) is 14.2. The molecule has 0 aromatic carbocycles. The Morgan fingerprint density at radius 2 is 1.09 bits per heavy atom. The number of ether oxygens (including phenoxy) is 4. The van der Waals surface area contributed by atoms with E-state index in [-0.39, 0.29) is 12.3 Å². The molecular weight excluding hydrogens is 585 g/mol. The van der Waals surface area contributed by atoms with E-state index >= 15 is 0 Å². The molecule has 0 spiro atoms. The molecule has 0 heterocycles. The van der Waals surface area contributed by atoms with E-state index in [1.54, 1.807) is 28.4 Å². The number of alkyl halides is 7. The first-order valence-electron chi connectivity index (χ1n) is 14.2. The first-order chi connectivity index (χ1) is 19.6. The molecule has 0 bridgehead atoms. The van der Waals surface area contributed by atoms with Crippen molar-refractivity contribution < 1.29 is 49.7 Å². The van der Waals surface area contributed by atoms with Gasteiger partial charge in [-0.15, -0.1) is 0 Å². The number of halogens is 7. The molecule has 3 aliphatic rings. The summed E-state index contributed by atoms with van der Waals surface area (Å²) in [4.78, 5) is 2.00. The highest BCUT2D eigenvalue weighted by molar-refractivity contribution is 5.06. The fourth-order valence-corrected chi connectivity index (χ4v) is 0.770. The van der Waals surface area contributed by atoms with Crippen molar-refractivity contribution in [2.75, 3.05) is 63.3 Å². The Hall–Kier alpha value is -1.20. The Morgan fingerprint density at radius 1 is 0.884 bits per heavy atom. The Bertz CT molecular complexity index is 488. The largest absolute Gasteiger partial charge is 0.388 e. The first kappa shape index (κ1) is 57.5. The van der Waals surface area contributed by atoms with Crippen LogP contribution in [0.2, 0.25) is 0 Å². The van der Waals surface area contributed by atoms with Crippen LogP contribution in [-0.2, 0) is 18.9 Å². The van der Waals surface area contributed by atoms with Crippen molar-refractivity contribution in [2.24, 2.45) is 11.3 Å². The molecule has 0 amide bonds.